The van der Waals surface area contributed by atoms with Crippen LogP contribution in [0, 0.1) is 0 Å². The smallest absolute Gasteiger partial charge is 0.328 e. The molecule has 5 nitrogen and oxygen atoms in total. The molecule has 0 aliphatic carbocycles. The number of pyridine rings is 1. The van der Waals surface area contributed by atoms with Crippen molar-refractivity contribution >= 4 is 11.0 Å². The van der Waals surface area contributed by atoms with Crippen molar-refractivity contribution in [1.29, 1.82) is 0 Å². The number of aromatic nitrogens is 3. The van der Waals surface area contributed by atoms with Gasteiger partial charge >= 0.3 is 5.69 Å². The monoisotopic (exact) mass is 221 g/mol. The van der Waals surface area contributed by atoms with Crippen LogP contribution in [0.1, 0.15) is 13.8 Å². The zero-order valence-electron chi connectivity index (χ0n) is 9.64. The largest absolute Gasteiger partial charge is 0.389 e. The average molecular weight is 221 g/mol. The average Bonchev–Trinajstić information content (AvgIpc) is 2.43. The Morgan fingerprint density at radius 1 is 1.44 bits per heavy atom. The summed E-state index contributed by atoms with van der Waals surface area (Å²) in [6.45, 7) is 3.63. The second-order valence-electron chi connectivity index (χ2n) is 4.60. The van der Waals surface area contributed by atoms with Crippen LogP contribution in [0.5, 0.6) is 0 Å². The first kappa shape index (κ1) is 10.9. The van der Waals surface area contributed by atoms with Crippen LogP contribution >= 0.6 is 0 Å². The molecule has 86 valence electrons. The third-order valence-electron chi connectivity index (χ3n) is 2.49. The van der Waals surface area contributed by atoms with Crippen LogP contribution in [0.15, 0.2) is 23.3 Å². The van der Waals surface area contributed by atoms with Crippen LogP contribution in [-0.4, -0.2) is 24.8 Å². The van der Waals surface area contributed by atoms with E-state index in [1.165, 1.54) is 4.57 Å². The lowest BCUT2D eigenvalue weighted by Gasteiger charge is -2.17. The van der Waals surface area contributed by atoms with Crippen LogP contribution in [-0.2, 0) is 13.6 Å². The van der Waals surface area contributed by atoms with E-state index < -0.39 is 5.60 Å². The van der Waals surface area contributed by atoms with Crippen LogP contribution in [0.3, 0.4) is 0 Å². The van der Waals surface area contributed by atoms with Gasteiger partial charge in [-0.3, -0.25) is 14.1 Å². The molecule has 16 heavy (non-hydrogen) atoms. The van der Waals surface area contributed by atoms with Crippen molar-refractivity contribution in [1.82, 2.24) is 14.1 Å². The maximum Gasteiger partial charge on any atom is 0.328 e. The van der Waals surface area contributed by atoms with Gasteiger partial charge in [-0.1, -0.05) is 0 Å². The minimum atomic E-state index is -0.915. The highest BCUT2D eigenvalue weighted by Gasteiger charge is 2.18. The predicted molar refractivity (Wildman–Crippen MR) is 61.3 cm³/mol. The first-order valence-corrected chi connectivity index (χ1v) is 5.12. The Morgan fingerprint density at radius 3 is 2.75 bits per heavy atom. The van der Waals surface area contributed by atoms with Crippen molar-refractivity contribution in [2.24, 2.45) is 7.05 Å². The zero-order chi connectivity index (χ0) is 11.9. The summed E-state index contributed by atoms with van der Waals surface area (Å²) in [5.41, 5.74) is 0.521. The molecule has 0 radical (unpaired) electrons. The van der Waals surface area contributed by atoms with Gasteiger partial charge < -0.3 is 5.11 Å². The Labute approximate surface area is 93.0 Å². The zero-order valence-corrected chi connectivity index (χ0v) is 9.64. The number of hydrogen-bond donors (Lipinski definition) is 1. The van der Waals surface area contributed by atoms with E-state index in [4.69, 9.17) is 0 Å². The third kappa shape index (κ3) is 1.74. The molecule has 0 unspecified atom stereocenters. The molecule has 0 saturated heterocycles. The Bertz CT molecular complexity index is 575. The van der Waals surface area contributed by atoms with Crippen LogP contribution in [0.25, 0.3) is 11.0 Å². The van der Waals surface area contributed by atoms with Gasteiger partial charge in [0.05, 0.1) is 29.4 Å². The lowest BCUT2D eigenvalue weighted by molar-refractivity contribution is 0.0615. The molecule has 0 bridgehead atoms. The quantitative estimate of drug-likeness (QED) is 0.803. The molecule has 0 aliphatic heterocycles. The summed E-state index contributed by atoms with van der Waals surface area (Å²) >= 11 is 0. The first-order chi connectivity index (χ1) is 7.40. The van der Waals surface area contributed by atoms with Crippen molar-refractivity contribution in [3.8, 4) is 0 Å². The minimum absolute atomic E-state index is 0.134. The van der Waals surface area contributed by atoms with Crippen LogP contribution < -0.4 is 5.69 Å². The Hall–Kier alpha value is -1.62. The highest BCUT2D eigenvalue weighted by Crippen LogP contribution is 2.13. The fraction of sp³-hybridized carbons (Fsp3) is 0.455. The molecule has 2 heterocycles. The van der Waals surface area contributed by atoms with E-state index in [0.29, 0.717) is 0 Å². The standard InChI is InChI=1S/C11H15N3O2/c1-11(2,16)7-14-8-4-5-12-6-9(8)13(3)10(14)15/h4-6,16H,7H2,1-3H3. The van der Waals surface area contributed by atoms with E-state index in [0.717, 1.165) is 11.0 Å². The highest BCUT2D eigenvalue weighted by atomic mass is 16.3. The molecule has 0 fully saturated rings. The normalized spacial score (nSPS) is 12.2. The third-order valence-corrected chi connectivity index (χ3v) is 2.49. The van der Waals surface area contributed by atoms with Gasteiger partial charge in [0.15, 0.2) is 0 Å². The summed E-state index contributed by atoms with van der Waals surface area (Å²) in [5.74, 6) is 0. The van der Waals surface area contributed by atoms with Crippen molar-refractivity contribution < 1.29 is 5.11 Å². The van der Waals surface area contributed by atoms with Gasteiger partial charge in [-0.05, 0) is 19.9 Å². The van der Waals surface area contributed by atoms with Crippen molar-refractivity contribution in [3.63, 3.8) is 0 Å². The second kappa shape index (κ2) is 3.45. The maximum atomic E-state index is 12.0. The minimum Gasteiger partial charge on any atom is -0.389 e. The lowest BCUT2D eigenvalue weighted by Crippen LogP contribution is -2.33. The van der Waals surface area contributed by atoms with Gasteiger partial charge in [-0.15, -0.1) is 0 Å². The van der Waals surface area contributed by atoms with E-state index in [1.54, 1.807) is 43.9 Å². The second-order valence-corrected chi connectivity index (χ2v) is 4.60. The molecule has 2 aromatic rings. The molecule has 0 atom stereocenters. The summed E-state index contributed by atoms with van der Waals surface area (Å²) in [5, 5.41) is 9.78. The number of imidazole rings is 1. The maximum absolute atomic E-state index is 12.0. The highest BCUT2D eigenvalue weighted by molar-refractivity contribution is 5.74. The van der Waals surface area contributed by atoms with Gasteiger partial charge in [0.2, 0.25) is 0 Å². The molecule has 1 N–H and O–H groups in total. The molecule has 2 rings (SSSR count). The van der Waals surface area contributed by atoms with E-state index in [1.807, 2.05) is 0 Å². The summed E-state index contributed by atoms with van der Waals surface area (Å²) in [6.07, 6.45) is 3.29. The molecule has 0 aliphatic rings. The lowest BCUT2D eigenvalue weighted by atomic mass is 10.1. The predicted octanol–water partition coefficient (Wildman–Crippen LogP) is 0.506. The van der Waals surface area contributed by atoms with Gasteiger partial charge in [0.25, 0.3) is 0 Å². The number of hydrogen-bond acceptors (Lipinski definition) is 3. The summed E-state index contributed by atoms with van der Waals surface area (Å²) in [7, 11) is 1.70. The molecular weight excluding hydrogens is 206 g/mol. The fourth-order valence-corrected chi connectivity index (χ4v) is 1.79. The van der Waals surface area contributed by atoms with Gasteiger partial charge in [0, 0.05) is 13.2 Å². The topological polar surface area (TPSA) is 60.0 Å². The summed E-state index contributed by atoms with van der Waals surface area (Å²) in [6, 6.07) is 1.78. The van der Waals surface area contributed by atoms with Crippen LogP contribution in [0.2, 0.25) is 0 Å². The van der Waals surface area contributed by atoms with Crippen LogP contribution in [0.4, 0.5) is 0 Å². The number of rotatable bonds is 2. The van der Waals surface area contributed by atoms with Gasteiger partial charge in [0.1, 0.15) is 0 Å². The van der Waals surface area contributed by atoms with Gasteiger partial charge in [-0.25, -0.2) is 4.79 Å². The number of nitrogens with zero attached hydrogens (tertiary/aromatic N) is 3. The van der Waals surface area contributed by atoms with E-state index in [-0.39, 0.29) is 12.2 Å². The fourth-order valence-electron chi connectivity index (χ4n) is 1.79. The summed E-state index contributed by atoms with van der Waals surface area (Å²) < 4.78 is 3.10. The van der Waals surface area contributed by atoms with E-state index >= 15 is 0 Å². The van der Waals surface area contributed by atoms with E-state index in [2.05, 4.69) is 4.98 Å². The van der Waals surface area contributed by atoms with E-state index in [9.17, 15) is 9.90 Å². The number of fused-ring (bicyclic) bond motifs is 1. The SMILES string of the molecule is Cn1c(=O)n(CC(C)(C)O)c2ccncc21. The molecule has 0 aromatic carbocycles. The Morgan fingerprint density at radius 2 is 2.12 bits per heavy atom. The van der Waals surface area contributed by atoms with Gasteiger partial charge in [-0.2, -0.15) is 0 Å². The molecule has 2 aromatic heterocycles. The summed E-state index contributed by atoms with van der Waals surface area (Å²) in [4.78, 5) is 15.9. The molecule has 0 amide bonds. The Balaban J connectivity index is 2.70. The van der Waals surface area contributed by atoms with Crippen molar-refractivity contribution in [2.75, 3.05) is 0 Å². The molecular formula is C11H15N3O2. The molecule has 5 heteroatoms. The number of aryl methyl sites for hydroxylation is 1. The first-order valence-electron chi connectivity index (χ1n) is 5.12. The molecule has 0 saturated carbocycles. The number of aliphatic hydroxyl groups is 1. The van der Waals surface area contributed by atoms with Crippen molar-refractivity contribution in [2.45, 2.75) is 26.0 Å². The molecule has 0 spiro atoms. The Kier molecular flexibility index (Phi) is 2.35. The van der Waals surface area contributed by atoms with Crippen molar-refractivity contribution in [3.05, 3.63) is 28.9 Å².